The first-order chi connectivity index (χ1) is 11.1. The van der Waals surface area contributed by atoms with Crippen molar-refractivity contribution in [2.24, 2.45) is 0 Å². The number of hydrogen-bond acceptors (Lipinski definition) is 4. The molecule has 0 saturated carbocycles. The van der Waals surface area contributed by atoms with Crippen LogP contribution in [0, 0.1) is 0 Å². The number of H-pyrrole nitrogens is 1. The number of benzene rings is 1. The van der Waals surface area contributed by atoms with Crippen molar-refractivity contribution in [1.82, 2.24) is 14.5 Å². The number of nitrogens with zero attached hydrogens (tertiary/aromatic N) is 2. The van der Waals surface area contributed by atoms with Crippen molar-refractivity contribution < 1.29 is 4.79 Å². The van der Waals surface area contributed by atoms with Gasteiger partial charge < -0.3 is 10.3 Å². The molecular weight excluding hydrogens is 296 g/mol. The molecule has 0 unspecified atom stereocenters. The predicted molar refractivity (Wildman–Crippen MR) is 86.3 cm³/mol. The smallest absolute Gasteiger partial charge is 0.311 e. The average molecular weight is 310 g/mol. The molecule has 1 aromatic carbocycles. The van der Waals surface area contributed by atoms with Gasteiger partial charge in [-0.25, -0.2) is 9.78 Å². The summed E-state index contributed by atoms with van der Waals surface area (Å²) in [5, 5.41) is 3.02. The molecule has 0 saturated heterocycles. The molecule has 0 aliphatic carbocycles. The van der Waals surface area contributed by atoms with Gasteiger partial charge in [0.1, 0.15) is 5.82 Å². The Morgan fingerprint density at radius 3 is 2.70 bits per heavy atom. The largest absolute Gasteiger partial charge is 0.328 e. The third-order valence-corrected chi connectivity index (χ3v) is 3.38. The van der Waals surface area contributed by atoms with Crippen molar-refractivity contribution in [2.45, 2.75) is 13.0 Å². The molecule has 2 heterocycles. The highest BCUT2D eigenvalue weighted by Crippen LogP contribution is 2.04. The minimum absolute atomic E-state index is 0.00208. The Morgan fingerprint density at radius 2 is 1.91 bits per heavy atom. The summed E-state index contributed by atoms with van der Waals surface area (Å²) in [5.74, 6) is 0.112. The predicted octanol–water partition coefficient (Wildman–Crippen LogP) is 1.11. The number of rotatable bonds is 4. The van der Waals surface area contributed by atoms with E-state index in [0.29, 0.717) is 16.7 Å². The Hall–Kier alpha value is -3.22. The van der Waals surface area contributed by atoms with Crippen LogP contribution in [0.15, 0.2) is 58.3 Å². The molecule has 7 nitrogen and oxygen atoms in total. The van der Waals surface area contributed by atoms with E-state index in [1.807, 2.05) is 0 Å². The fourth-order valence-electron chi connectivity index (χ4n) is 2.26. The molecule has 0 spiro atoms. The Labute approximate surface area is 130 Å². The van der Waals surface area contributed by atoms with Crippen LogP contribution >= 0.6 is 0 Å². The van der Waals surface area contributed by atoms with Gasteiger partial charge in [-0.3, -0.25) is 14.2 Å². The van der Waals surface area contributed by atoms with Gasteiger partial charge in [-0.15, -0.1) is 0 Å². The first-order valence-electron chi connectivity index (χ1n) is 7.08. The standard InChI is InChI=1S/C16H14N4O3/c21-14(19-13-7-3-4-9-17-13)8-10-20-15(22)11-5-1-2-6-12(11)18-16(20)23/h1-7,9H,8,10H2,(H,18,23)(H,17,19,21). The zero-order valence-corrected chi connectivity index (χ0v) is 12.2. The summed E-state index contributed by atoms with van der Waals surface area (Å²) in [6, 6.07) is 11.9. The molecule has 116 valence electrons. The van der Waals surface area contributed by atoms with E-state index in [9.17, 15) is 14.4 Å². The molecule has 2 aromatic heterocycles. The van der Waals surface area contributed by atoms with Gasteiger partial charge >= 0.3 is 5.69 Å². The number of aromatic nitrogens is 3. The molecule has 0 aliphatic rings. The number of para-hydroxylation sites is 1. The average Bonchev–Trinajstić information content (AvgIpc) is 2.55. The lowest BCUT2D eigenvalue weighted by Crippen LogP contribution is -2.36. The van der Waals surface area contributed by atoms with Crippen LogP contribution in [0.1, 0.15) is 6.42 Å². The maximum absolute atomic E-state index is 12.3. The fraction of sp³-hybridized carbons (Fsp3) is 0.125. The van der Waals surface area contributed by atoms with Crippen LogP contribution in [0.3, 0.4) is 0 Å². The molecule has 0 aliphatic heterocycles. The van der Waals surface area contributed by atoms with E-state index in [1.54, 1.807) is 48.7 Å². The first-order valence-corrected chi connectivity index (χ1v) is 7.08. The lowest BCUT2D eigenvalue weighted by atomic mass is 10.2. The van der Waals surface area contributed by atoms with Crippen molar-refractivity contribution in [3.63, 3.8) is 0 Å². The molecule has 3 aromatic rings. The summed E-state index contributed by atoms with van der Waals surface area (Å²) < 4.78 is 1.03. The Kier molecular flexibility index (Phi) is 4.01. The topological polar surface area (TPSA) is 96.9 Å². The number of fused-ring (bicyclic) bond motifs is 1. The highest BCUT2D eigenvalue weighted by Gasteiger charge is 2.09. The van der Waals surface area contributed by atoms with Crippen LogP contribution in [-0.4, -0.2) is 20.4 Å². The fourth-order valence-corrected chi connectivity index (χ4v) is 2.26. The van der Waals surface area contributed by atoms with Crippen LogP contribution in [0.25, 0.3) is 10.9 Å². The van der Waals surface area contributed by atoms with E-state index in [-0.39, 0.29) is 18.9 Å². The minimum Gasteiger partial charge on any atom is -0.311 e. The summed E-state index contributed by atoms with van der Waals surface area (Å²) in [7, 11) is 0. The van der Waals surface area contributed by atoms with E-state index in [0.717, 1.165) is 4.57 Å². The molecule has 23 heavy (non-hydrogen) atoms. The molecule has 1 amide bonds. The van der Waals surface area contributed by atoms with Crippen molar-refractivity contribution in [1.29, 1.82) is 0 Å². The summed E-state index contributed by atoms with van der Waals surface area (Å²) in [6.45, 7) is -0.00231. The summed E-state index contributed by atoms with van der Waals surface area (Å²) in [5.41, 5.74) is -0.453. The summed E-state index contributed by atoms with van der Waals surface area (Å²) in [6.07, 6.45) is 1.56. The SMILES string of the molecule is O=C(CCn1c(=O)[nH]c2ccccc2c1=O)Nc1ccccn1. The lowest BCUT2D eigenvalue weighted by Gasteiger charge is -2.07. The van der Waals surface area contributed by atoms with Gasteiger partial charge in [0, 0.05) is 19.2 Å². The molecule has 3 rings (SSSR count). The Balaban J connectivity index is 1.78. The van der Waals surface area contributed by atoms with Gasteiger partial charge in [0.05, 0.1) is 10.9 Å². The molecule has 2 N–H and O–H groups in total. The van der Waals surface area contributed by atoms with Crippen molar-refractivity contribution in [3.05, 3.63) is 69.5 Å². The quantitative estimate of drug-likeness (QED) is 0.754. The normalized spacial score (nSPS) is 10.6. The number of aromatic amines is 1. The second-order valence-electron chi connectivity index (χ2n) is 4.95. The second kappa shape index (κ2) is 6.27. The molecule has 0 bridgehead atoms. The van der Waals surface area contributed by atoms with Crippen LogP contribution in [0.2, 0.25) is 0 Å². The maximum atomic E-state index is 12.3. The van der Waals surface area contributed by atoms with Gasteiger partial charge in [-0.05, 0) is 24.3 Å². The maximum Gasteiger partial charge on any atom is 0.328 e. The van der Waals surface area contributed by atoms with Gasteiger partial charge in [0.25, 0.3) is 5.56 Å². The van der Waals surface area contributed by atoms with Crippen LogP contribution in [0.4, 0.5) is 5.82 Å². The van der Waals surface area contributed by atoms with E-state index < -0.39 is 11.2 Å². The Bertz CT molecular complexity index is 960. The minimum atomic E-state index is -0.528. The lowest BCUT2D eigenvalue weighted by molar-refractivity contribution is -0.116. The second-order valence-corrected chi connectivity index (χ2v) is 4.95. The van der Waals surface area contributed by atoms with E-state index in [1.165, 1.54) is 0 Å². The van der Waals surface area contributed by atoms with Gasteiger partial charge in [-0.1, -0.05) is 18.2 Å². The number of pyridine rings is 1. The number of carbonyl (C=O) groups is 1. The van der Waals surface area contributed by atoms with Gasteiger partial charge in [-0.2, -0.15) is 0 Å². The number of carbonyl (C=O) groups excluding carboxylic acids is 1. The third kappa shape index (κ3) is 3.18. The van der Waals surface area contributed by atoms with E-state index in [4.69, 9.17) is 0 Å². The highest BCUT2D eigenvalue weighted by molar-refractivity contribution is 5.89. The number of nitrogens with one attached hydrogen (secondary N) is 2. The van der Waals surface area contributed by atoms with E-state index in [2.05, 4.69) is 15.3 Å². The molecule has 0 fully saturated rings. The zero-order valence-electron chi connectivity index (χ0n) is 12.2. The van der Waals surface area contributed by atoms with Gasteiger partial charge in [0.15, 0.2) is 0 Å². The van der Waals surface area contributed by atoms with Crippen LogP contribution < -0.4 is 16.6 Å². The number of anilines is 1. The molecular formula is C16H14N4O3. The van der Waals surface area contributed by atoms with E-state index >= 15 is 0 Å². The van der Waals surface area contributed by atoms with Crippen LogP contribution in [-0.2, 0) is 11.3 Å². The summed E-state index contributed by atoms with van der Waals surface area (Å²) >= 11 is 0. The third-order valence-electron chi connectivity index (χ3n) is 3.38. The Morgan fingerprint density at radius 1 is 1.13 bits per heavy atom. The van der Waals surface area contributed by atoms with Crippen molar-refractivity contribution in [3.8, 4) is 0 Å². The van der Waals surface area contributed by atoms with Crippen molar-refractivity contribution >= 4 is 22.6 Å². The summed E-state index contributed by atoms with van der Waals surface area (Å²) in [4.78, 5) is 42.8. The van der Waals surface area contributed by atoms with Crippen molar-refractivity contribution in [2.75, 3.05) is 5.32 Å². The molecule has 7 heteroatoms. The first kappa shape index (κ1) is 14.7. The monoisotopic (exact) mass is 310 g/mol. The highest BCUT2D eigenvalue weighted by atomic mass is 16.2. The van der Waals surface area contributed by atoms with Crippen LogP contribution in [0.5, 0.6) is 0 Å². The number of amides is 1. The zero-order chi connectivity index (χ0) is 16.2. The molecule has 0 radical (unpaired) electrons. The number of hydrogen-bond donors (Lipinski definition) is 2. The van der Waals surface area contributed by atoms with Gasteiger partial charge in [0.2, 0.25) is 5.91 Å². The molecule has 0 atom stereocenters.